The van der Waals surface area contributed by atoms with E-state index in [2.05, 4.69) is 6.92 Å². The van der Waals surface area contributed by atoms with Crippen molar-refractivity contribution in [1.29, 1.82) is 0 Å². The molecular formula is C15H24O4. The van der Waals surface area contributed by atoms with Gasteiger partial charge in [-0.3, -0.25) is 0 Å². The number of allylic oxidation sites excluding steroid dienone is 2. The van der Waals surface area contributed by atoms with Crippen molar-refractivity contribution in [3.05, 3.63) is 23.3 Å². The van der Waals surface area contributed by atoms with Gasteiger partial charge in [0.25, 0.3) is 0 Å². The van der Waals surface area contributed by atoms with E-state index in [0.29, 0.717) is 11.1 Å². The van der Waals surface area contributed by atoms with Gasteiger partial charge in [0.1, 0.15) is 13.2 Å². The number of esters is 2. The topological polar surface area (TPSA) is 52.6 Å². The summed E-state index contributed by atoms with van der Waals surface area (Å²) < 4.78 is 9.91. The van der Waals surface area contributed by atoms with Crippen molar-refractivity contribution in [1.82, 2.24) is 0 Å². The van der Waals surface area contributed by atoms with Crippen molar-refractivity contribution in [2.24, 2.45) is 0 Å². The summed E-state index contributed by atoms with van der Waals surface area (Å²) in [7, 11) is 0. The summed E-state index contributed by atoms with van der Waals surface area (Å²) in [4.78, 5) is 22.8. The standard InChI is InChI=1S/C15H24O4/c1-5-7-8-9-13(4)15(17)19-11-10-18-14(16)12(3)6-2/h6,9H,5,7-8,10-11H2,1-4H3. The lowest BCUT2D eigenvalue weighted by Gasteiger charge is -2.06. The van der Waals surface area contributed by atoms with E-state index < -0.39 is 0 Å². The second-order valence-corrected chi connectivity index (χ2v) is 4.27. The van der Waals surface area contributed by atoms with Gasteiger partial charge >= 0.3 is 11.9 Å². The van der Waals surface area contributed by atoms with Crippen LogP contribution in [0.3, 0.4) is 0 Å². The first-order valence-electron chi connectivity index (χ1n) is 6.66. The van der Waals surface area contributed by atoms with Gasteiger partial charge in [0, 0.05) is 11.1 Å². The zero-order valence-electron chi connectivity index (χ0n) is 12.3. The Morgan fingerprint density at radius 2 is 1.53 bits per heavy atom. The van der Waals surface area contributed by atoms with E-state index >= 15 is 0 Å². The Morgan fingerprint density at radius 1 is 1.00 bits per heavy atom. The molecule has 0 N–H and O–H groups in total. The van der Waals surface area contributed by atoms with E-state index in [1.54, 1.807) is 26.8 Å². The molecule has 0 unspecified atom stereocenters. The van der Waals surface area contributed by atoms with E-state index in [1.165, 1.54) is 0 Å². The molecule has 19 heavy (non-hydrogen) atoms. The number of rotatable bonds is 8. The normalized spacial score (nSPS) is 12.2. The fourth-order valence-electron chi connectivity index (χ4n) is 1.22. The van der Waals surface area contributed by atoms with Crippen molar-refractivity contribution in [3.63, 3.8) is 0 Å². The third-order valence-electron chi connectivity index (χ3n) is 2.63. The Balaban J connectivity index is 3.86. The molecule has 0 amide bonds. The van der Waals surface area contributed by atoms with Gasteiger partial charge in [0.05, 0.1) is 0 Å². The van der Waals surface area contributed by atoms with Gasteiger partial charge in [-0.05, 0) is 27.2 Å². The van der Waals surface area contributed by atoms with Gasteiger partial charge in [-0.15, -0.1) is 0 Å². The van der Waals surface area contributed by atoms with Crippen LogP contribution >= 0.6 is 0 Å². The lowest BCUT2D eigenvalue weighted by atomic mass is 10.2. The average Bonchev–Trinajstić information content (AvgIpc) is 2.42. The monoisotopic (exact) mass is 268 g/mol. The Labute approximate surface area is 115 Å². The molecule has 0 aromatic heterocycles. The molecule has 0 aromatic carbocycles. The molecule has 4 nitrogen and oxygen atoms in total. The molecule has 0 aliphatic heterocycles. The van der Waals surface area contributed by atoms with Crippen LogP contribution in [-0.2, 0) is 19.1 Å². The lowest BCUT2D eigenvalue weighted by Crippen LogP contribution is -2.14. The van der Waals surface area contributed by atoms with Gasteiger partial charge in [-0.1, -0.05) is 31.9 Å². The molecule has 108 valence electrons. The van der Waals surface area contributed by atoms with Crippen molar-refractivity contribution in [2.45, 2.75) is 47.0 Å². The fraction of sp³-hybridized carbons (Fsp3) is 0.600. The van der Waals surface area contributed by atoms with Crippen molar-refractivity contribution in [2.75, 3.05) is 13.2 Å². The maximum atomic E-state index is 11.5. The minimum atomic E-state index is -0.381. The summed E-state index contributed by atoms with van der Waals surface area (Å²) in [5.41, 5.74) is 1.14. The maximum Gasteiger partial charge on any atom is 0.333 e. The van der Waals surface area contributed by atoms with Gasteiger partial charge in [0.2, 0.25) is 0 Å². The van der Waals surface area contributed by atoms with Crippen molar-refractivity contribution >= 4 is 11.9 Å². The summed E-state index contributed by atoms with van der Waals surface area (Å²) in [6, 6.07) is 0. The Kier molecular flexibility index (Phi) is 9.49. The minimum Gasteiger partial charge on any atom is -0.459 e. The average molecular weight is 268 g/mol. The molecule has 0 aliphatic carbocycles. The van der Waals surface area contributed by atoms with Crippen LogP contribution in [0.4, 0.5) is 0 Å². The van der Waals surface area contributed by atoms with Crippen LogP contribution in [0.15, 0.2) is 23.3 Å². The second kappa shape index (κ2) is 10.4. The van der Waals surface area contributed by atoms with Crippen LogP contribution < -0.4 is 0 Å². The molecular weight excluding hydrogens is 244 g/mol. The lowest BCUT2D eigenvalue weighted by molar-refractivity contribution is -0.147. The summed E-state index contributed by atoms with van der Waals surface area (Å²) >= 11 is 0. The van der Waals surface area contributed by atoms with Gasteiger partial charge < -0.3 is 9.47 Å². The Hall–Kier alpha value is -1.58. The number of carbonyl (C=O) groups is 2. The Morgan fingerprint density at radius 3 is 2.00 bits per heavy atom. The first-order chi connectivity index (χ1) is 9.02. The molecule has 0 saturated carbocycles. The van der Waals surface area contributed by atoms with Gasteiger partial charge in [-0.2, -0.15) is 0 Å². The zero-order chi connectivity index (χ0) is 14.7. The zero-order valence-corrected chi connectivity index (χ0v) is 12.3. The van der Waals surface area contributed by atoms with Crippen LogP contribution in [0, 0.1) is 0 Å². The predicted octanol–water partition coefficient (Wildman–Crippen LogP) is 3.18. The predicted molar refractivity (Wildman–Crippen MR) is 74.6 cm³/mol. The first-order valence-corrected chi connectivity index (χ1v) is 6.66. The molecule has 0 radical (unpaired) electrons. The fourth-order valence-corrected chi connectivity index (χ4v) is 1.22. The van der Waals surface area contributed by atoms with Gasteiger partial charge in [0.15, 0.2) is 0 Å². The number of unbranched alkanes of at least 4 members (excludes halogenated alkanes) is 2. The number of carbonyl (C=O) groups excluding carboxylic acids is 2. The number of hydrogen-bond acceptors (Lipinski definition) is 4. The molecule has 0 heterocycles. The SMILES string of the molecule is CC=C(C)C(=O)OCCOC(=O)C(C)=CCCCC. The van der Waals surface area contributed by atoms with Crippen LogP contribution in [0.2, 0.25) is 0 Å². The molecule has 0 atom stereocenters. The van der Waals surface area contributed by atoms with E-state index in [9.17, 15) is 9.59 Å². The van der Waals surface area contributed by atoms with Crippen LogP contribution in [0.25, 0.3) is 0 Å². The van der Waals surface area contributed by atoms with Crippen LogP contribution in [-0.4, -0.2) is 25.2 Å². The van der Waals surface area contributed by atoms with E-state index in [0.717, 1.165) is 19.3 Å². The quantitative estimate of drug-likeness (QED) is 0.385. The highest BCUT2D eigenvalue weighted by Gasteiger charge is 2.07. The molecule has 4 heteroatoms. The highest BCUT2D eigenvalue weighted by Crippen LogP contribution is 2.03. The number of hydrogen-bond donors (Lipinski definition) is 0. The molecule has 0 saturated heterocycles. The summed E-state index contributed by atoms with van der Waals surface area (Å²) in [6.07, 6.45) is 6.59. The van der Waals surface area contributed by atoms with Crippen LogP contribution in [0.5, 0.6) is 0 Å². The second-order valence-electron chi connectivity index (χ2n) is 4.27. The maximum absolute atomic E-state index is 11.5. The molecule has 0 aromatic rings. The Bertz CT molecular complexity index is 353. The summed E-state index contributed by atoms with van der Waals surface area (Å²) in [6.45, 7) is 7.44. The van der Waals surface area contributed by atoms with Crippen molar-refractivity contribution in [3.8, 4) is 0 Å². The highest BCUT2D eigenvalue weighted by atomic mass is 16.6. The van der Waals surface area contributed by atoms with Crippen LogP contribution in [0.1, 0.15) is 47.0 Å². The largest absolute Gasteiger partial charge is 0.459 e. The van der Waals surface area contributed by atoms with Crippen molar-refractivity contribution < 1.29 is 19.1 Å². The smallest absolute Gasteiger partial charge is 0.333 e. The number of ether oxygens (including phenoxy) is 2. The van der Waals surface area contributed by atoms with E-state index in [1.807, 2.05) is 6.08 Å². The van der Waals surface area contributed by atoms with Gasteiger partial charge in [-0.25, -0.2) is 9.59 Å². The van der Waals surface area contributed by atoms with E-state index in [-0.39, 0.29) is 25.2 Å². The minimum absolute atomic E-state index is 0.0813. The summed E-state index contributed by atoms with van der Waals surface area (Å²) in [5, 5.41) is 0. The molecule has 0 bridgehead atoms. The summed E-state index contributed by atoms with van der Waals surface area (Å²) in [5.74, 6) is -0.733. The molecule has 0 aliphatic rings. The highest BCUT2D eigenvalue weighted by molar-refractivity contribution is 5.88. The first kappa shape index (κ1) is 17.4. The third kappa shape index (κ3) is 8.19. The molecule has 0 rings (SSSR count). The molecule has 0 spiro atoms. The third-order valence-corrected chi connectivity index (χ3v) is 2.63. The van der Waals surface area contributed by atoms with E-state index in [4.69, 9.17) is 9.47 Å². The molecule has 0 fully saturated rings.